The summed E-state index contributed by atoms with van der Waals surface area (Å²) in [6.45, 7) is 4.83. The van der Waals surface area contributed by atoms with Crippen LogP contribution in [0.5, 0.6) is 5.75 Å². The average Bonchev–Trinajstić information content (AvgIpc) is 2.48. The Hall–Kier alpha value is -1.39. The van der Waals surface area contributed by atoms with Crippen LogP contribution in [-0.4, -0.2) is 7.11 Å². The van der Waals surface area contributed by atoms with Crippen LogP contribution in [0.25, 0.3) is 0 Å². The minimum absolute atomic E-state index is 0.0642. The van der Waals surface area contributed by atoms with Crippen molar-refractivity contribution in [3.05, 3.63) is 63.4 Å². The number of aryl methyl sites for hydroxylation is 1. The number of methoxy groups -OCH3 is 1. The van der Waals surface area contributed by atoms with Crippen molar-refractivity contribution in [3.63, 3.8) is 0 Å². The van der Waals surface area contributed by atoms with Gasteiger partial charge >= 0.3 is 0 Å². The van der Waals surface area contributed by atoms with Crippen molar-refractivity contribution in [3.8, 4) is 5.75 Å². The molecule has 21 heavy (non-hydrogen) atoms. The number of benzene rings is 2. The minimum atomic E-state index is -0.330. The lowest BCUT2D eigenvalue weighted by molar-refractivity contribution is 0.385. The lowest BCUT2D eigenvalue weighted by Gasteiger charge is -2.15. The van der Waals surface area contributed by atoms with Gasteiger partial charge in [-0.2, -0.15) is 0 Å². The molecule has 0 heterocycles. The molecule has 2 aromatic rings. The summed E-state index contributed by atoms with van der Waals surface area (Å²) >= 11 is 3.49. The summed E-state index contributed by atoms with van der Waals surface area (Å²) < 4.78 is 19.8. The van der Waals surface area contributed by atoms with E-state index in [0.29, 0.717) is 0 Å². The van der Waals surface area contributed by atoms with Gasteiger partial charge in [0.25, 0.3) is 0 Å². The van der Waals surface area contributed by atoms with Crippen LogP contribution in [-0.2, 0) is 6.54 Å². The molecule has 1 unspecified atom stereocenters. The first-order valence-electron chi connectivity index (χ1n) is 6.83. The zero-order valence-electron chi connectivity index (χ0n) is 12.4. The van der Waals surface area contributed by atoms with Gasteiger partial charge in [0.05, 0.1) is 7.11 Å². The number of ether oxygens (including phenoxy) is 1. The van der Waals surface area contributed by atoms with Gasteiger partial charge in [0.2, 0.25) is 0 Å². The highest BCUT2D eigenvalue weighted by Gasteiger charge is 2.09. The zero-order chi connectivity index (χ0) is 15.4. The Balaban J connectivity index is 2.02. The summed E-state index contributed by atoms with van der Waals surface area (Å²) in [5.74, 6) is -0.0578. The van der Waals surface area contributed by atoms with E-state index < -0.39 is 0 Å². The predicted octanol–water partition coefficient (Wildman–Crippen LogP) is 4.76. The molecule has 0 bridgehead atoms. The Morgan fingerprint density at radius 3 is 2.62 bits per heavy atom. The molecule has 2 rings (SSSR count). The second-order valence-corrected chi connectivity index (χ2v) is 5.93. The molecule has 2 nitrogen and oxygen atoms in total. The highest BCUT2D eigenvalue weighted by atomic mass is 79.9. The zero-order valence-corrected chi connectivity index (χ0v) is 14.0. The maximum atomic E-state index is 13.7. The molecule has 0 aromatic heterocycles. The highest BCUT2D eigenvalue weighted by molar-refractivity contribution is 9.10. The molecule has 0 aliphatic carbocycles. The van der Waals surface area contributed by atoms with E-state index in [-0.39, 0.29) is 17.6 Å². The van der Waals surface area contributed by atoms with Gasteiger partial charge in [-0.3, -0.25) is 0 Å². The van der Waals surface area contributed by atoms with Crippen LogP contribution in [0.4, 0.5) is 4.39 Å². The first-order valence-corrected chi connectivity index (χ1v) is 7.62. The fourth-order valence-corrected chi connectivity index (χ4v) is 2.40. The Morgan fingerprint density at radius 2 is 2.00 bits per heavy atom. The lowest BCUT2D eigenvalue weighted by atomic mass is 10.1. The van der Waals surface area contributed by atoms with Crippen LogP contribution >= 0.6 is 15.9 Å². The summed E-state index contributed by atoms with van der Waals surface area (Å²) in [4.78, 5) is 0. The summed E-state index contributed by atoms with van der Waals surface area (Å²) in [7, 11) is 1.47. The molecule has 1 N–H and O–H groups in total. The number of rotatable bonds is 5. The van der Waals surface area contributed by atoms with Gasteiger partial charge < -0.3 is 10.1 Å². The smallest absolute Gasteiger partial charge is 0.165 e. The number of hydrogen-bond acceptors (Lipinski definition) is 2. The number of nitrogens with one attached hydrogen (secondary N) is 1. The van der Waals surface area contributed by atoms with Gasteiger partial charge in [-0.15, -0.1) is 0 Å². The predicted molar refractivity (Wildman–Crippen MR) is 87.1 cm³/mol. The first kappa shape index (κ1) is 16.0. The fourth-order valence-electron chi connectivity index (χ4n) is 2.16. The van der Waals surface area contributed by atoms with Crippen molar-refractivity contribution in [2.75, 3.05) is 7.11 Å². The van der Waals surface area contributed by atoms with Gasteiger partial charge in [-0.05, 0) is 48.7 Å². The third kappa shape index (κ3) is 4.05. The quantitative estimate of drug-likeness (QED) is 0.838. The number of halogens is 2. The summed E-state index contributed by atoms with van der Waals surface area (Å²) in [5, 5.41) is 3.40. The van der Waals surface area contributed by atoms with Crippen LogP contribution in [0, 0.1) is 12.7 Å². The highest BCUT2D eigenvalue weighted by Crippen LogP contribution is 2.22. The van der Waals surface area contributed by atoms with Gasteiger partial charge in [-0.1, -0.05) is 34.1 Å². The molecule has 112 valence electrons. The topological polar surface area (TPSA) is 21.3 Å². The Labute approximate surface area is 133 Å². The van der Waals surface area contributed by atoms with Crippen LogP contribution in [0.15, 0.2) is 40.9 Å². The Bertz CT molecular complexity index is 630. The molecule has 0 saturated carbocycles. The van der Waals surface area contributed by atoms with Crippen molar-refractivity contribution in [1.29, 1.82) is 0 Å². The van der Waals surface area contributed by atoms with E-state index in [1.54, 1.807) is 6.07 Å². The molecule has 0 amide bonds. The fraction of sp³-hybridized carbons (Fsp3) is 0.294. The van der Waals surface area contributed by atoms with Crippen molar-refractivity contribution in [1.82, 2.24) is 5.32 Å². The van der Waals surface area contributed by atoms with Crippen LogP contribution in [0.3, 0.4) is 0 Å². The normalized spacial score (nSPS) is 12.2. The lowest BCUT2D eigenvalue weighted by Crippen LogP contribution is -2.18. The summed E-state index contributed by atoms with van der Waals surface area (Å²) in [6.07, 6.45) is 0. The van der Waals surface area contributed by atoms with E-state index in [2.05, 4.69) is 40.3 Å². The third-order valence-corrected chi connectivity index (χ3v) is 4.40. The van der Waals surface area contributed by atoms with Gasteiger partial charge in [-0.25, -0.2) is 4.39 Å². The minimum Gasteiger partial charge on any atom is -0.494 e. The molecule has 0 aliphatic rings. The molecule has 2 aromatic carbocycles. The van der Waals surface area contributed by atoms with Crippen LogP contribution in [0.1, 0.15) is 29.7 Å². The average molecular weight is 352 g/mol. The van der Waals surface area contributed by atoms with E-state index in [1.165, 1.54) is 24.3 Å². The largest absolute Gasteiger partial charge is 0.494 e. The molecular weight excluding hydrogens is 333 g/mol. The van der Waals surface area contributed by atoms with E-state index in [4.69, 9.17) is 4.74 Å². The van der Waals surface area contributed by atoms with E-state index >= 15 is 0 Å². The number of hydrogen-bond donors (Lipinski definition) is 1. The van der Waals surface area contributed by atoms with Crippen LogP contribution in [0.2, 0.25) is 0 Å². The van der Waals surface area contributed by atoms with Crippen molar-refractivity contribution >= 4 is 15.9 Å². The molecule has 1 atom stereocenters. The molecule has 0 aliphatic heterocycles. The van der Waals surface area contributed by atoms with Gasteiger partial charge in [0.15, 0.2) is 11.6 Å². The van der Waals surface area contributed by atoms with E-state index in [1.807, 2.05) is 19.1 Å². The molecule has 0 spiro atoms. The van der Waals surface area contributed by atoms with Crippen molar-refractivity contribution < 1.29 is 9.13 Å². The Morgan fingerprint density at radius 1 is 1.24 bits per heavy atom. The van der Waals surface area contributed by atoms with E-state index in [0.717, 1.165) is 16.6 Å². The molecule has 0 fully saturated rings. The maximum Gasteiger partial charge on any atom is 0.165 e. The SMILES string of the molecule is COc1ccc(C(C)NCc2ccc(Br)c(C)c2)cc1F. The third-order valence-electron chi connectivity index (χ3n) is 3.51. The van der Waals surface area contributed by atoms with Crippen molar-refractivity contribution in [2.24, 2.45) is 0 Å². The molecular formula is C17H19BrFNO. The second kappa shape index (κ2) is 7.05. The molecule has 4 heteroatoms. The second-order valence-electron chi connectivity index (χ2n) is 5.08. The summed E-state index contributed by atoms with van der Waals surface area (Å²) in [5.41, 5.74) is 3.32. The maximum absolute atomic E-state index is 13.7. The van der Waals surface area contributed by atoms with Gasteiger partial charge in [0, 0.05) is 17.1 Å². The van der Waals surface area contributed by atoms with Gasteiger partial charge in [0.1, 0.15) is 0 Å². The summed E-state index contributed by atoms with van der Waals surface area (Å²) in [6, 6.07) is 11.4. The van der Waals surface area contributed by atoms with E-state index in [9.17, 15) is 4.39 Å². The standard InChI is InChI=1S/C17H19BrFNO/c1-11-8-13(4-6-15(11)18)10-20-12(2)14-5-7-17(21-3)16(19)9-14/h4-9,12,20H,10H2,1-3H3. The monoisotopic (exact) mass is 351 g/mol. The molecule has 0 radical (unpaired) electrons. The Kier molecular flexibility index (Phi) is 5.37. The van der Waals surface area contributed by atoms with Crippen LogP contribution < -0.4 is 10.1 Å². The van der Waals surface area contributed by atoms with Crippen molar-refractivity contribution in [2.45, 2.75) is 26.4 Å². The first-order chi connectivity index (χ1) is 10.0. The molecule has 0 saturated heterocycles.